The van der Waals surface area contributed by atoms with Crippen molar-refractivity contribution in [3.8, 4) is 11.1 Å². The zero-order valence-electron chi connectivity index (χ0n) is 12.8. The maximum Gasteiger partial charge on any atom is 0.249 e. The highest BCUT2D eigenvalue weighted by molar-refractivity contribution is 6.00. The molecule has 2 aromatic rings. The molecule has 0 saturated heterocycles. The van der Waals surface area contributed by atoms with Gasteiger partial charge in [-0.15, -0.1) is 6.58 Å². The summed E-state index contributed by atoms with van der Waals surface area (Å²) in [6.45, 7) is 3.97. The van der Waals surface area contributed by atoms with Crippen LogP contribution in [0.5, 0.6) is 0 Å². The van der Waals surface area contributed by atoms with Gasteiger partial charge in [0.15, 0.2) is 0 Å². The first kappa shape index (κ1) is 16.5. The van der Waals surface area contributed by atoms with E-state index in [1.54, 1.807) is 12.1 Å². The van der Waals surface area contributed by atoms with Crippen LogP contribution in [-0.2, 0) is 11.2 Å². The highest BCUT2D eigenvalue weighted by atomic mass is 16.1. The minimum absolute atomic E-state index is 0.169. The first-order valence-corrected chi connectivity index (χ1v) is 7.32. The number of amides is 2. The predicted molar refractivity (Wildman–Crippen MR) is 91.6 cm³/mol. The summed E-state index contributed by atoms with van der Waals surface area (Å²) in [6.07, 6.45) is 3.58. The third kappa shape index (κ3) is 4.54. The molecule has 0 aliphatic heterocycles. The van der Waals surface area contributed by atoms with Crippen LogP contribution in [0.4, 0.5) is 0 Å². The fourth-order valence-corrected chi connectivity index (χ4v) is 2.25. The molecule has 3 N–H and O–H groups in total. The van der Waals surface area contributed by atoms with E-state index in [-0.39, 0.29) is 5.91 Å². The van der Waals surface area contributed by atoms with Gasteiger partial charge < -0.3 is 11.1 Å². The number of nitrogens with one attached hydrogen (secondary N) is 1. The first-order chi connectivity index (χ1) is 11.1. The normalized spacial score (nSPS) is 10.1. The van der Waals surface area contributed by atoms with Gasteiger partial charge in [0.2, 0.25) is 11.8 Å². The molecule has 0 bridgehead atoms. The first-order valence-electron chi connectivity index (χ1n) is 7.32. The van der Waals surface area contributed by atoms with E-state index in [1.165, 1.54) is 6.42 Å². The average Bonchev–Trinajstić information content (AvgIpc) is 2.58. The Morgan fingerprint density at radius 2 is 1.87 bits per heavy atom. The van der Waals surface area contributed by atoms with Gasteiger partial charge in [0.05, 0.1) is 6.42 Å². The Bertz CT molecular complexity index is 709. The minimum Gasteiger partial charge on any atom is -0.366 e. The lowest BCUT2D eigenvalue weighted by molar-refractivity contribution is -0.117. The maximum absolute atomic E-state index is 11.7. The number of carbonyl (C=O) groups is 2. The molecular formula is C19H19N2O2. The molecule has 0 fully saturated rings. The highest BCUT2D eigenvalue weighted by Gasteiger charge is 2.11. The SMILES string of the molecule is C=CCNC(=O)[CH]Cc1ccc(-c2ccccc2)c(C(N)=O)c1. The number of carbonyl (C=O) groups excluding carboxylic acids is 2. The zero-order chi connectivity index (χ0) is 16.7. The van der Waals surface area contributed by atoms with Crippen LogP contribution in [-0.4, -0.2) is 18.4 Å². The van der Waals surface area contributed by atoms with Gasteiger partial charge in [0, 0.05) is 12.1 Å². The second-order valence-electron chi connectivity index (χ2n) is 5.05. The molecule has 117 valence electrons. The Hall–Kier alpha value is -2.88. The molecule has 0 aliphatic carbocycles. The van der Waals surface area contributed by atoms with E-state index in [2.05, 4.69) is 11.9 Å². The van der Waals surface area contributed by atoms with Crippen LogP contribution < -0.4 is 11.1 Å². The van der Waals surface area contributed by atoms with Crippen molar-refractivity contribution >= 4 is 11.8 Å². The van der Waals surface area contributed by atoms with Gasteiger partial charge in [-0.05, 0) is 29.2 Å². The predicted octanol–water partition coefficient (Wildman–Crippen LogP) is 2.50. The molecular weight excluding hydrogens is 288 g/mol. The molecule has 0 unspecified atom stereocenters. The van der Waals surface area contributed by atoms with Crippen molar-refractivity contribution in [2.24, 2.45) is 5.73 Å². The van der Waals surface area contributed by atoms with Gasteiger partial charge in [0.1, 0.15) is 0 Å². The fraction of sp³-hybridized carbons (Fsp3) is 0.105. The van der Waals surface area contributed by atoms with E-state index < -0.39 is 5.91 Å². The van der Waals surface area contributed by atoms with Gasteiger partial charge >= 0.3 is 0 Å². The van der Waals surface area contributed by atoms with Crippen LogP contribution >= 0.6 is 0 Å². The van der Waals surface area contributed by atoms with Crippen LogP contribution in [0.15, 0.2) is 61.2 Å². The Balaban J connectivity index is 2.18. The van der Waals surface area contributed by atoms with Crippen molar-refractivity contribution in [1.29, 1.82) is 0 Å². The van der Waals surface area contributed by atoms with Crippen molar-refractivity contribution in [2.75, 3.05) is 6.54 Å². The molecule has 0 aliphatic rings. The van der Waals surface area contributed by atoms with Gasteiger partial charge in [-0.25, -0.2) is 0 Å². The van der Waals surface area contributed by atoms with E-state index in [0.29, 0.717) is 18.5 Å². The van der Waals surface area contributed by atoms with Crippen molar-refractivity contribution in [3.63, 3.8) is 0 Å². The largest absolute Gasteiger partial charge is 0.366 e. The molecule has 1 radical (unpaired) electrons. The summed E-state index contributed by atoms with van der Waals surface area (Å²) in [5.74, 6) is -0.653. The number of nitrogens with two attached hydrogens (primary N) is 1. The summed E-state index contributed by atoms with van der Waals surface area (Å²) in [7, 11) is 0. The standard InChI is InChI=1S/C19H19N2O2/c1-2-12-21-18(22)11-9-14-8-10-16(17(13-14)19(20)23)15-6-4-3-5-7-15/h2-8,10-11,13H,1,9,12H2,(H2,20,23)(H,21,22). The third-order valence-electron chi connectivity index (χ3n) is 3.38. The molecule has 0 atom stereocenters. The van der Waals surface area contributed by atoms with E-state index in [0.717, 1.165) is 16.7 Å². The maximum atomic E-state index is 11.7. The topological polar surface area (TPSA) is 72.2 Å². The summed E-state index contributed by atoms with van der Waals surface area (Å²) in [4.78, 5) is 23.3. The number of benzene rings is 2. The number of primary amides is 1. The Morgan fingerprint density at radius 3 is 2.52 bits per heavy atom. The van der Waals surface area contributed by atoms with Gasteiger partial charge in [-0.1, -0.05) is 48.5 Å². The van der Waals surface area contributed by atoms with Crippen LogP contribution in [0.1, 0.15) is 15.9 Å². The van der Waals surface area contributed by atoms with Crippen molar-refractivity contribution in [1.82, 2.24) is 5.32 Å². The van der Waals surface area contributed by atoms with Crippen molar-refractivity contribution in [2.45, 2.75) is 6.42 Å². The van der Waals surface area contributed by atoms with Crippen molar-refractivity contribution in [3.05, 3.63) is 78.7 Å². The third-order valence-corrected chi connectivity index (χ3v) is 3.38. The lowest BCUT2D eigenvalue weighted by Gasteiger charge is -2.10. The minimum atomic E-state index is -0.484. The molecule has 2 rings (SSSR count). The monoisotopic (exact) mass is 307 g/mol. The van der Waals surface area contributed by atoms with Crippen LogP contribution in [0.3, 0.4) is 0 Å². The summed E-state index contributed by atoms with van der Waals surface area (Å²) in [5.41, 5.74) is 8.53. The number of rotatable bonds is 7. The molecule has 23 heavy (non-hydrogen) atoms. The van der Waals surface area contributed by atoms with E-state index in [4.69, 9.17) is 5.73 Å². The summed E-state index contributed by atoms with van der Waals surface area (Å²) < 4.78 is 0. The molecule has 0 heterocycles. The molecule has 0 aromatic heterocycles. The van der Waals surface area contributed by atoms with Gasteiger partial charge in [-0.3, -0.25) is 9.59 Å². The molecule has 2 aromatic carbocycles. The summed E-state index contributed by atoms with van der Waals surface area (Å²) >= 11 is 0. The van der Waals surface area contributed by atoms with Crippen LogP contribution in [0, 0.1) is 6.42 Å². The van der Waals surface area contributed by atoms with Gasteiger partial charge in [-0.2, -0.15) is 0 Å². The molecule has 4 heteroatoms. The summed E-state index contributed by atoms with van der Waals surface area (Å²) in [5, 5.41) is 2.67. The van der Waals surface area contributed by atoms with Crippen LogP contribution in [0.2, 0.25) is 0 Å². The lowest BCUT2D eigenvalue weighted by Crippen LogP contribution is -2.24. The molecule has 4 nitrogen and oxygen atoms in total. The highest BCUT2D eigenvalue weighted by Crippen LogP contribution is 2.24. The molecule has 0 spiro atoms. The van der Waals surface area contributed by atoms with E-state index in [1.807, 2.05) is 42.5 Å². The molecule has 0 saturated carbocycles. The smallest absolute Gasteiger partial charge is 0.249 e. The quantitative estimate of drug-likeness (QED) is 0.771. The Kier molecular flexibility index (Phi) is 5.69. The van der Waals surface area contributed by atoms with E-state index in [9.17, 15) is 9.59 Å². The lowest BCUT2D eigenvalue weighted by atomic mass is 9.95. The second-order valence-corrected chi connectivity index (χ2v) is 5.05. The number of hydrogen-bond donors (Lipinski definition) is 2. The Labute approximate surface area is 136 Å². The second kappa shape index (κ2) is 7.94. The van der Waals surface area contributed by atoms with E-state index >= 15 is 0 Å². The fourth-order valence-electron chi connectivity index (χ4n) is 2.25. The van der Waals surface area contributed by atoms with Crippen molar-refractivity contribution < 1.29 is 9.59 Å². The Morgan fingerprint density at radius 1 is 1.13 bits per heavy atom. The average molecular weight is 307 g/mol. The zero-order valence-corrected chi connectivity index (χ0v) is 12.8. The number of hydrogen-bond acceptors (Lipinski definition) is 2. The molecule has 2 amide bonds. The summed E-state index contributed by atoms with van der Waals surface area (Å²) in [6, 6.07) is 15.1. The van der Waals surface area contributed by atoms with Crippen LogP contribution in [0.25, 0.3) is 11.1 Å². The van der Waals surface area contributed by atoms with Gasteiger partial charge in [0.25, 0.3) is 0 Å².